The zero-order valence-corrected chi connectivity index (χ0v) is 10.8. The standard InChI is InChI=1S/C13H21N3O2/c1-2-11-15-12(6-13(18)16-11)14-7-9-4-3-5-10(9)8-17/h6,9-10,17H,2-5,7-8H2,1H3,(H2,14,15,16,18). The van der Waals surface area contributed by atoms with Gasteiger partial charge in [0.25, 0.3) is 5.56 Å². The van der Waals surface area contributed by atoms with Crippen molar-refractivity contribution in [3.05, 3.63) is 22.2 Å². The Morgan fingerprint density at radius 3 is 3.00 bits per heavy atom. The van der Waals surface area contributed by atoms with Crippen LogP contribution in [0.3, 0.4) is 0 Å². The summed E-state index contributed by atoms with van der Waals surface area (Å²) < 4.78 is 0. The monoisotopic (exact) mass is 251 g/mol. The molecule has 1 aromatic rings. The lowest BCUT2D eigenvalue weighted by Gasteiger charge is -2.18. The molecule has 0 radical (unpaired) electrons. The molecule has 0 bridgehead atoms. The number of aromatic amines is 1. The average molecular weight is 251 g/mol. The summed E-state index contributed by atoms with van der Waals surface area (Å²) in [5.41, 5.74) is -0.116. The molecule has 1 aliphatic rings. The van der Waals surface area contributed by atoms with Gasteiger partial charge in [-0.05, 0) is 24.7 Å². The van der Waals surface area contributed by atoms with Gasteiger partial charge in [-0.2, -0.15) is 0 Å². The van der Waals surface area contributed by atoms with Gasteiger partial charge in [0.2, 0.25) is 0 Å². The van der Waals surface area contributed by atoms with Crippen LogP contribution >= 0.6 is 0 Å². The van der Waals surface area contributed by atoms with E-state index in [0.29, 0.717) is 29.9 Å². The summed E-state index contributed by atoms with van der Waals surface area (Å²) in [7, 11) is 0. The van der Waals surface area contributed by atoms with E-state index in [1.54, 1.807) is 0 Å². The van der Waals surface area contributed by atoms with Gasteiger partial charge in [-0.25, -0.2) is 4.98 Å². The summed E-state index contributed by atoms with van der Waals surface area (Å²) in [6, 6.07) is 1.49. The fraction of sp³-hybridized carbons (Fsp3) is 0.692. The molecule has 2 rings (SSSR count). The van der Waals surface area contributed by atoms with E-state index >= 15 is 0 Å². The first-order chi connectivity index (χ1) is 8.72. The first-order valence-corrected chi connectivity index (χ1v) is 6.68. The predicted octanol–water partition coefficient (Wildman–Crippen LogP) is 1.15. The second-order valence-corrected chi connectivity index (χ2v) is 4.95. The molecule has 1 fully saturated rings. The Bertz CT molecular complexity index is 444. The van der Waals surface area contributed by atoms with E-state index < -0.39 is 0 Å². The molecule has 0 aliphatic heterocycles. The van der Waals surface area contributed by atoms with E-state index in [1.807, 2.05) is 6.92 Å². The molecule has 18 heavy (non-hydrogen) atoms. The maximum Gasteiger partial charge on any atom is 0.252 e. The van der Waals surface area contributed by atoms with E-state index in [0.717, 1.165) is 19.4 Å². The molecule has 0 aromatic carbocycles. The maximum atomic E-state index is 11.4. The van der Waals surface area contributed by atoms with Gasteiger partial charge in [0.15, 0.2) is 0 Å². The molecule has 3 N–H and O–H groups in total. The molecule has 5 heteroatoms. The van der Waals surface area contributed by atoms with Crippen molar-refractivity contribution >= 4 is 5.82 Å². The number of aromatic nitrogens is 2. The zero-order chi connectivity index (χ0) is 13.0. The van der Waals surface area contributed by atoms with E-state index in [1.165, 1.54) is 12.5 Å². The van der Waals surface area contributed by atoms with Gasteiger partial charge in [0.05, 0.1) is 0 Å². The Hall–Kier alpha value is -1.36. The van der Waals surface area contributed by atoms with Gasteiger partial charge in [-0.1, -0.05) is 13.3 Å². The van der Waals surface area contributed by atoms with Gasteiger partial charge in [-0.3, -0.25) is 4.79 Å². The summed E-state index contributed by atoms with van der Waals surface area (Å²) in [5, 5.41) is 12.5. The second kappa shape index (κ2) is 6.00. The quantitative estimate of drug-likeness (QED) is 0.733. The number of nitrogens with one attached hydrogen (secondary N) is 2. The van der Waals surface area contributed by atoms with Crippen LogP contribution in [-0.2, 0) is 6.42 Å². The highest BCUT2D eigenvalue weighted by Crippen LogP contribution is 2.31. The fourth-order valence-corrected chi connectivity index (χ4v) is 2.62. The number of aliphatic hydroxyl groups excluding tert-OH is 1. The lowest BCUT2D eigenvalue weighted by atomic mass is 9.97. The van der Waals surface area contributed by atoms with Crippen molar-refractivity contribution in [1.82, 2.24) is 9.97 Å². The van der Waals surface area contributed by atoms with Gasteiger partial charge in [0, 0.05) is 25.6 Å². The minimum Gasteiger partial charge on any atom is -0.396 e. The lowest BCUT2D eigenvalue weighted by molar-refractivity contribution is 0.199. The van der Waals surface area contributed by atoms with Crippen LogP contribution in [-0.4, -0.2) is 28.2 Å². The lowest BCUT2D eigenvalue weighted by Crippen LogP contribution is -2.22. The number of nitrogens with zero attached hydrogens (tertiary/aromatic N) is 1. The first kappa shape index (κ1) is 13.1. The molecule has 100 valence electrons. The SMILES string of the molecule is CCc1nc(NCC2CCCC2CO)cc(=O)[nH]1. The van der Waals surface area contributed by atoms with E-state index in [-0.39, 0.29) is 12.2 Å². The van der Waals surface area contributed by atoms with Gasteiger partial charge in [-0.15, -0.1) is 0 Å². The number of aryl methyl sites for hydroxylation is 1. The van der Waals surface area contributed by atoms with Crippen molar-refractivity contribution in [3.8, 4) is 0 Å². The van der Waals surface area contributed by atoms with Crippen LogP contribution in [0.25, 0.3) is 0 Å². The highest BCUT2D eigenvalue weighted by atomic mass is 16.3. The molecule has 2 unspecified atom stereocenters. The molecule has 2 atom stereocenters. The van der Waals surface area contributed by atoms with Gasteiger partial charge < -0.3 is 15.4 Å². The molecular formula is C13H21N3O2. The summed E-state index contributed by atoms with van der Waals surface area (Å²) in [5.74, 6) is 2.22. The largest absolute Gasteiger partial charge is 0.396 e. The van der Waals surface area contributed by atoms with E-state index in [4.69, 9.17) is 0 Å². The highest BCUT2D eigenvalue weighted by molar-refractivity contribution is 5.33. The smallest absolute Gasteiger partial charge is 0.252 e. The van der Waals surface area contributed by atoms with E-state index in [2.05, 4.69) is 15.3 Å². The van der Waals surface area contributed by atoms with Crippen molar-refractivity contribution in [2.24, 2.45) is 11.8 Å². The summed E-state index contributed by atoms with van der Waals surface area (Å²) in [6.07, 6.45) is 4.14. The summed E-state index contributed by atoms with van der Waals surface area (Å²) >= 11 is 0. The van der Waals surface area contributed by atoms with Crippen molar-refractivity contribution in [2.75, 3.05) is 18.5 Å². The highest BCUT2D eigenvalue weighted by Gasteiger charge is 2.26. The minimum absolute atomic E-state index is 0.116. The average Bonchev–Trinajstić information content (AvgIpc) is 2.83. The summed E-state index contributed by atoms with van der Waals surface area (Å²) in [4.78, 5) is 18.4. The van der Waals surface area contributed by atoms with E-state index in [9.17, 15) is 9.90 Å². The Morgan fingerprint density at radius 2 is 2.28 bits per heavy atom. The molecule has 1 aliphatic carbocycles. The minimum atomic E-state index is -0.116. The number of H-pyrrole nitrogens is 1. The normalized spacial score (nSPS) is 23.2. The van der Waals surface area contributed by atoms with Crippen LogP contribution < -0.4 is 10.9 Å². The van der Waals surface area contributed by atoms with Crippen LogP contribution in [0.15, 0.2) is 10.9 Å². The Labute approximate surface area is 107 Å². The Balaban J connectivity index is 1.97. The number of hydrogen-bond donors (Lipinski definition) is 3. The third-order valence-corrected chi connectivity index (χ3v) is 3.72. The first-order valence-electron chi connectivity index (χ1n) is 6.68. The predicted molar refractivity (Wildman–Crippen MR) is 70.6 cm³/mol. The second-order valence-electron chi connectivity index (χ2n) is 4.95. The topological polar surface area (TPSA) is 78.0 Å². The number of aliphatic hydroxyl groups is 1. The zero-order valence-electron chi connectivity index (χ0n) is 10.8. The third kappa shape index (κ3) is 3.10. The molecular weight excluding hydrogens is 230 g/mol. The molecule has 0 spiro atoms. The molecule has 0 saturated heterocycles. The van der Waals surface area contributed by atoms with Crippen molar-refractivity contribution in [3.63, 3.8) is 0 Å². The molecule has 1 heterocycles. The van der Waals surface area contributed by atoms with Crippen LogP contribution in [0.5, 0.6) is 0 Å². The Morgan fingerprint density at radius 1 is 1.50 bits per heavy atom. The van der Waals surface area contributed by atoms with Crippen LogP contribution in [0.1, 0.15) is 32.0 Å². The number of anilines is 1. The van der Waals surface area contributed by atoms with Crippen LogP contribution in [0.2, 0.25) is 0 Å². The molecule has 5 nitrogen and oxygen atoms in total. The van der Waals surface area contributed by atoms with Crippen LogP contribution in [0.4, 0.5) is 5.82 Å². The van der Waals surface area contributed by atoms with Gasteiger partial charge >= 0.3 is 0 Å². The maximum absolute atomic E-state index is 11.4. The third-order valence-electron chi connectivity index (χ3n) is 3.72. The molecule has 1 saturated carbocycles. The fourth-order valence-electron chi connectivity index (χ4n) is 2.62. The van der Waals surface area contributed by atoms with Crippen molar-refractivity contribution < 1.29 is 5.11 Å². The van der Waals surface area contributed by atoms with Gasteiger partial charge in [0.1, 0.15) is 11.6 Å². The number of rotatable bonds is 5. The number of hydrogen-bond acceptors (Lipinski definition) is 4. The van der Waals surface area contributed by atoms with Crippen molar-refractivity contribution in [2.45, 2.75) is 32.6 Å². The van der Waals surface area contributed by atoms with Crippen LogP contribution in [0, 0.1) is 11.8 Å². The summed E-state index contributed by atoms with van der Waals surface area (Å²) in [6.45, 7) is 3.00. The molecule has 0 amide bonds. The van der Waals surface area contributed by atoms with Crippen molar-refractivity contribution in [1.29, 1.82) is 0 Å². The Kier molecular flexibility index (Phi) is 4.36. The molecule has 1 aromatic heterocycles.